The average Bonchev–Trinajstić information content (AvgIpc) is 3.19. The highest BCUT2D eigenvalue weighted by molar-refractivity contribution is 6.00. The van der Waals surface area contributed by atoms with Gasteiger partial charge in [-0.15, -0.1) is 13.2 Å². The number of hydrogen-bond donors (Lipinski definition) is 1. The van der Waals surface area contributed by atoms with E-state index >= 15 is 0 Å². The molecule has 1 aliphatic carbocycles. The Bertz CT molecular complexity index is 1480. The van der Waals surface area contributed by atoms with E-state index in [-0.39, 0.29) is 17.4 Å². The van der Waals surface area contributed by atoms with Gasteiger partial charge in [-0.3, -0.25) is 14.8 Å². The highest BCUT2D eigenvalue weighted by atomic mass is 19.4. The first-order chi connectivity index (χ1) is 22.6. The van der Waals surface area contributed by atoms with E-state index in [4.69, 9.17) is 9.84 Å². The van der Waals surface area contributed by atoms with E-state index in [2.05, 4.69) is 20.8 Å². The molecule has 1 spiro atoms. The number of benzene rings is 2. The van der Waals surface area contributed by atoms with Gasteiger partial charge in [-0.1, -0.05) is 32.1 Å². The van der Waals surface area contributed by atoms with Crippen LogP contribution in [0.1, 0.15) is 86.6 Å². The normalized spacial score (nSPS) is 21.4. The number of alkyl halides is 3. The third kappa shape index (κ3) is 8.27. The van der Waals surface area contributed by atoms with Crippen LogP contribution < -0.4 is 9.64 Å². The Morgan fingerprint density at radius 1 is 0.957 bits per heavy atom. The van der Waals surface area contributed by atoms with Gasteiger partial charge in [0.15, 0.2) is 0 Å². The molecule has 0 radical (unpaired) electrons. The molecule has 4 aliphatic rings. The third-order valence-electron chi connectivity index (χ3n) is 9.69. The second-order valence-electron chi connectivity index (χ2n) is 13.1. The summed E-state index contributed by atoms with van der Waals surface area (Å²) in [6.45, 7) is 2.70. The fourth-order valence-corrected chi connectivity index (χ4v) is 7.08. The number of piperidine rings is 1. The summed E-state index contributed by atoms with van der Waals surface area (Å²) in [5.74, 6) is -1.27. The lowest BCUT2D eigenvalue weighted by Crippen LogP contribution is -2.47. The predicted molar refractivity (Wildman–Crippen MR) is 171 cm³/mol. The summed E-state index contributed by atoms with van der Waals surface area (Å²) in [5.41, 5.74) is 3.09. The maximum absolute atomic E-state index is 12.9. The van der Waals surface area contributed by atoms with Crippen molar-refractivity contribution in [2.24, 2.45) is 5.10 Å². The number of anilines is 1. The molecular formula is C35H41F3N4O5. The van der Waals surface area contributed by atoms with Gasteiger partial charge < -0.3 is 14.6 Å². The number of carbonyl (C=O) groups excluding carboxylic acids is 1. The van der Waals surface area contributed by atoms with Crippen molar-refractivity contribution >= 4 is 23.5 Å². The minimum absolute atomic E-state index is 0.163. The molecule has 0 bridgehead atoms. The van der Waals surface area contributed by atoms with Crippen LogP contribution in [0.2, 0.25) is 0 Å². The Labute approximate surface area is 272 Å². The van der Waals surface area contributed by atoms with E-state index < -0.39 is 24.0 Å². The summed E-state index contributed by atoms with van der Waals surface area (Å²) in [5, 5.41) is 16.4. The number of ether oxygens (including phenoxy) is 2. The first-order valence-electron chi connectivity index (χ1n) is 16.5. The van der Waals surface area contributed by atoms with Crippen molar-refractivity contribution in [3.63, 3.8) is 0 Å². The fraction of sp³-hybridized carbons (Fsp3) is 0.514. The number of halogens is 3. The van der Waals surface area contributed by atoms with Crippen LogP contribution >= 0.6 is 0 Å². The lowest BCUT2D eigenvalue weighted by Gasteiger charge is -2.38. The van der Waals surface area contributed by atoms with Crippen molar-refractivity contribution in [1.29, 1.82) is 0 Å². The fourth-order valence-electron chi connectivity index (χ4n) is 7.08. The third-order valence-corrected chi connectivity index (χ3v) is 9.69. The zero-order valence-corrected chi connectivity index (χ0v) is 26.4. The summed E-state index contributed by atoms with van der Waals surface area (Å²) in [4.78, 5) is 28.1. The Balaban J connectivity index is 1.12. The number of hydrogen-bond acceptors (Lipinski definition) is 7. The second kappa shape index (κ2) is 14.0. The number of nitrogens with zero attached hydrogens (tertiary/aromatic N) is 4. The van der Waals surface area contributed by atoms with Crippen molar-refractivity contribution < 1.29 is 37.3 Å². The van der Waals surface area contributed by atoms with E-state index in [1.807, 2.05) is 0 Å². The predicted octanol–water partition coefficient (Wildman–Crippen LogP) is 7.57. The molecule has 0 unspecified atom stereocenters. The van der Waals surface area contributed by atoms with Gasteiger partial charge in [0.1, 0.15) is 11.4 Å². The number of carbonyl (C=O) groups is 2. The Kier molecular flexibility index (Phi) is 9.77. The summed E-state index contributed by atoms with van der Waals surface area (Å²) < 4.78 is 48.2. The molecule has 12 heteroatoms. The van der Waals surface area contributed by atoms with Crippen molar-refractivity contribution in [3.05, 3.63) is 71.4 Å². The maximum atomic E-state index is 12.9. The van der Waals surface area contributed by atoms with Gasteiger partial charge in [-0.05, 0) is 85.4 Å². The van der Waals surface area contributed by atoms with E-state index in [0.717, 1.165) is 63.0 Å². The number of likely N-dealkylation sites (tertiary alicyclic amines) is 1. The molecule has 3 heterocycles. The van der Waals surface area contributed by atoms with Crippen LogP contribution in [-0.4, -0.2) is 77.0 Å². The number of rotatable bonds is 7. The Morgan fingerprint density at radius 3 is 2.26 bits per heavy atom. The quantitative estimate of drug-likeness (QED) is 0.329. The number of aromatic carboxylic acids is 1. The maximum Gasteiger partial charge on any atom is 0.573 e. The monoisotopic (exact) mass is 654 g/mol. The highest BCUT2D eigenvalue weighted by Crippen LogP contribution is 2.36. The molecule has 3 fully saturated rings. The van der Waals surface area contributed by atoms with Gasteiger partial charge in [0.05, 0.1) is 23.9 Å². The van der Waals surface area contributed by atoms with Crippen LogP contribution in [-0.2, 0) is 4.74 Å². The summed E-state index contributed by atoms with van der Waals surface area (Å²) in [6.07, 6.45) is 7.94. The molecule has 1 amide bonds. The van der Waals surface area contributed by atoms with Crippen LogP contribution in [0.15, 0.2) is 65.4 Å². The Morgan fingerprint density at radius 2 is 1.62 bits per heavy atom. The molecule has 3 aliphatic heterocycles. The zero-order valence-electron chi connectivity index (χ0n) is 26.4. The molecule has 2 aromatic rings. The molecular weight excluding hydrogens is 613 g/mol. The minimum atomic E-state index is -4.74. The van der Waals surface area contributed by atoms with Crippen LogP contribution in [0, 0.1) is 0 Å². The van der Waals surface area contributed by atoms with Crippen molar-refractivity contribution in [2.75, 3.05) is 31.1 Å². The van der Waals surface area contributed by atoms with Crippen molar-refractivity contribution in [3.8, 4) is 5.75 Å². The van der Waals surface area contributed by atoms with E-state index in [1.54, 1.807) is 29.2 Å². The molecule has 47 heavy (non-hydrogen) atoms. The summed E-state index contributed by atoms with van der Waals surface area (Å²) >= 11 is 0. The topological polar surface area (TPSA) is 94.9 Å². The lowest BCUT2D eigenvalue weighted by molar-refractivity contribution is -0.274. The SMILES string of the molecule is O=C(O)c1ccc(N2CC3(CCN(CC4=CN(C5CCCCCCC5)N=C(c5ccc(OC(F)(F)F)cc5)CC4)CC3)OC2=O)cc1. The van der Waals surface area contributed by atoms with Crippen LogP contribution in [0.5, 0.6) is 5.75 Å². The largest absolute Gasteiger partial charge is 0.573 e. The van der Waals surface area contributed by atoms with Crippen LogP contribution in [0.4, 0.5) is 23.7 Å². The van der Waals surface area contributed by atoms with Crippen molar-refractivity contribution in [2.45, 2.75) is 88.6 Å². The zero-order chi connectivity index (χ0) is 33.0. The number of hydrazone groups is 1. The molecule has 0 atom stereocenters. The molecule has 1 N–H and O–H groups in total. The van der Waals surface area contributed by atoms with Gasteiger partial charge in [0.25, 0.3) is 0 Å². The first-order valence-corrected chi connectivity index (χ1v) is 16.5. The summed E-state index contributed by atoms with van der Waals surface area (Å²) in [7, 11) is 0. The lowest BCUT2D eigenvalue weighted by atomic mass is 9.90. The first kappa shape index (κ1) is 32.9. The van der Waals surface area contributed by atoms with E-state index in [0.29, 0.717) is 31.5 Å². The average molecular weight is 655 g/mol. The van der Waals surface area contributed by atoms with Crippen LogP contribution in [0.3, 0.4) is 0 Å². The van der Waals surface area contributed by atoms with Gasteiger partial charge in [0, 0.05) is 44.4 Å². The standard InChI is InChI=1S/C35H41F3N4O5/c36-35(37,38)46-30-15-11-26(12-16-30)31-17-8-25(23-42(39-31)29-6-4-2-1-3-5-7-29)22-40-20-18-34(19-21-40)24-41(33(45)47-34)28-13-9-27(10-14-28)32(43)44/h9-16,23,29H,1-8,17-22,24H2,(H,43,44). The molecule has 2 saturated heterocycles. The number of amides is 1. The molecule has 2 aromatic carbocycles. The van der Waals surface area contributed by atoms with Gasteiger partial charge in [-0.2, -0.15) is 5.10 Å². The Hall–Kier alpha value is -4.06. The molecule has 1 saturated carbocycles. The molecule has 6 rings (SSSR count). The molecule has 9 nitrogen and oxygen atoms in total. The van der Waals surface area contributed by atoms with Crippen LogP contribution in [0.25, 0.3) is 0 Å². The van der Waals surface area contributed by atoms with Gasteiger partial charge in [0.2, 0.25) is 0 Å². The number of carboxylic acid groups (broad SMARTS) is 1. The minimum Gasteiger partial charge on any atom is -0.478 e. The van der Waals surface area contributed by atoms with E-state index in [9.17, 15) is 27.9 Å². The molecule has 252 valence electrons. The summed E-state index contributed by atoms with van der Waals surface area (Å²) in [6, 6.07) is 12.5. The van der Waals surface area contributed by atoms with Crippen molar-refractivity contribution in [1.82, 2.24) is 9.91 Å². The molecule has 0 aromatic heterocycles. The second-order valence-corrected chi connectivity index (χ2v) is 13.1. The van der Waals surface area contributed by atoms with Gasteiger partial charge in [-0.25, -0.2) is 9.59 Å². The van der Waals surface area contributed by atoms with Gasteiger partial charge >= 0.3 is 18.4 Å². The smallest absolute Gasteiger partial charge is 0.478 e. The van der Waals surface area contributed by atoms with E-state index in [1.165, 1.54) is 49.1 Å². The highest BCUT2D eigenvalue weighted by Gasteiger charge is 2.47. The number of carboxylic acids is 1.